The predicted octanol–water partition coefficient (Wildman–Crippen LogP) is 2.26. The second kappa shape index (κ2) is 2.73. The second-order valence-electron chi connectivity index (χ2n) is 5.66. The molecule has 0 aromatic heterocycles. The lowest BCUT2D eigenvalue weighted by Gasteiger charge is -2.42. The van der Waals surface area contributed by atoms with Gasteiger partial charge in [-0.3, -0.25) is 0 Å². The minimum atomic E-state index is -3.06. The van der Waals surface area contributed by atoms with Crippen molar-refractivity contribution in [1.82, 2.24) is 0 Å². The van der Waals surface area contributed by atoms with Gasteiger partial charge in [-0.25, -0.2) is 0 Å². The van der Waals surface area contributed by atoms with Crippen molar-refractivity contribution in [3.63, 3.8) is 0 Å². The van der Waals surface area contributed by atoms with E-state index >= 15 is 0 Å². The number of fused-ring (bicyclic) bond motifs is 3. The maximum absolute atomic E-state index is 14.4. The molecule has 96 valence electrons. The van der Waals surface area contributed by atoms with Crippen LogP contribution in [0, 0.1) is 0 Å². The van der Waals surface area contributed by atoms with Crippen LogP contribution in [0.25, 0.3) is 0 Å². The molecule has 3 heterocycles. The van der Waals surface area contributed by atoms with Crippen molar-refractivity contribution in [2.24, 2.45) is 0 Å². The Morgan fingerprint density at radius 2 is 1.94 bits per heavy atom. The summed E-state index contributed by atoms with van der Waals surface area (Å²) < 4.78 is 45.2. The molecule has 2 saturated heterocycles. The SMILES string of the molecule is CC1=C[C@H]2O[C@]1(C)[C@]1(COC(C)(C)O1)C2(F)F. The molecule has 0 radical (unpaired) electrons. The van der Waals surface area contributed by atoms with Crippen molar-refractivity contribution in [3.8, 4) is 0 Å². The smallest absolute Gasteiger partial charge is 0.311 e. The lowest BCUT2D eigenvalue weighted by atomic mass is 9.73. The first-order chi connectivity index (χ1) is 7.65. The molecule has 3 rings (SSSR count). The van der Waals surface area contributed by atoms with E-state index in [1.807, 2.05) is 0 Å². The van der Waals surface area contributed by atoms with E-state index < -0.39 is 29.0 Å². The van der Waals surface area contributed by atoms with Gasteiger partial charge in [-0.15, -0.1) is 0 Å². The highest BCUT2D eigenvalue weighted by molar-refractivity contribution is 5.39. The number of hydrogen-bond acceptors (Lipinski definition) is 3. The normalized spacial score (nSPS) is 50.0. The zero-order valence-corrected chi connectivity index (χ0v) is 10.3. The summed E-state index contributed by atoms with van der Waals surface area (Å²) >= 11 is 0. The van der Waals surface area contributed by atoms with Crippen LogP contribution >= 0.6 is 0 Å². The molecule has 0 amide bonds. The number of hydrogen-bond donors (Lipinski definition) is 0. The van der Waals surface area contributed by atoms with Gasteiger partial charge in [0.1, 0.15) is 11.7 Å². The van der Waals surface area contributed by atoms with E-state index in [2.05, 4.69) is 0 Å². The quantitative estimate of drug-likeness (QED) is 0.614. The molecule has 3 atom stereocenters. The van der Waals surface area contributed by atoms with Gasteiger partial charge in [0.2, 0.25) is 0 Å². The van der Waals surface area contributed by atoms with Gasteiger partial charge < -0.3 is 14.2 Å². The molecule has 3 aliphatic rings. The third-order valence-corrected chi connectivity index (χ3v) is 4.23. The Hall–Kier alpha value is -0.520. The van der Waals surface area contributed by atoms with Crippen LogP contribution < -0.4 is 0 Å². The standard InChI is InChI=1S/C12H16F2O3/c1-7-5-8-12(13,14)11(10(7,4)16-8)6-15-9(2,3)17-11/h5,8H,6H2,1-4H3/t8-,10+,11-/m1/s1. The highest BCUT2D eigenvalue weighted by Crippen LogP contribution is 2.62. The van der Waals surface area contributed by atoms with Crippen LogP contribution in [0.1, 0.15) is 27.7 Å². The fourth-order valence-electron chi connectivity index (χ4n) is 3.06. The van der Waals surface area contributed by atoms with Gasteiger partial charge in [-0.1, -0.05) is 0 Å². The molecular formula is C12H16F2O3. The molecular weight excluding hydrogens is 230 g/mol. The summed E-state index contributed by atoms with van der Waals surface area (Å²) in [6.07, 6.45) is 0.282. The zero-order chi connectivity index (χ0) is 12.7. The van der Waals surface area contributed by atoms with Gasteiger partial charge in [0.15, 0.2) is 11.4 Å². The van der Waals surface area contributed by atoms with E-state index in [-0.39, 0.29) is 6.61 Å². The van der Waals surface area contributed by atoms with Gasteiger partial charge in [-0.05, 0) is 39.3 Å². The van der Waals surface area contributed by atoms with Crippen molar-refractivity contribution in [1.29, 1.82) is 0 Å². The van der Waals surface area contributed by atoms with E-state index in [4.69, 9.17) is 14.2 Å². The van der Waals surface area contributed by atoms with Crippen LogP contribution in [0.4, 0.5) is 8.78 Å². The third kappa shape index (κ3) is 1.06. The first-order valence-corrected chi connectivity index (χ1v) is 5.73. The summed E-state index contributed by atoms with van der Waals surface area (Å²) in [4.78, 5) is 0. The fourth-order valence-corrected chi connectivity index (χ4v) is 3.06. The van der Waals surface area contributed by atoms with Crippen LogP contribution in [0.5, 0.6) is 0 Å². The van der Waals surface area contributed by atoms with Crippen molar-refractivity contribution in [2.75, 3.05) is 6.61 Å². The highest BCUT2D eigenvalue weighted by atomic mass is 19.3. The molecule has 2 bridgehead atoms. The number of rotatable bonds is 0. The van der Waals surface area contributed by atoms with E-state index in [1.54, 1.807) is 27.7 Å². The van der Waals surface area contributed by atoms with Crippen LogP contribution in [0.15, 0.2) is 11.6 Å². The summed E-state index contributed by atoms with van der Waals surface area (Å²) in [5.74, 6) is -4.06. The molecule has 0 unspecified atom stereocenters. The maximum Gasteiger partial charge on any atom is 0.311 e. The van der Waals surface area contributed by atoms with Crippen LogP contribution in [0.3, 0.4) is 0 Å². The summed E-state index contributed by atoms with van der Waals surface area (Å²) in [5, 5.41) is 0. The predicted molar refractivity (Wildman–Crippen MR) is 55.8 cm³/mol. The number of ether oxygens (including phenoxy) is 3. The minimum absolute atomic E-state index is 0.148. The van der Waals surface area contributed by atoms with Gasteiger partial charge in [0.05, 0.1) is 6.61 Å². The highest BCUT2D eigenvalue weighted by Gasteiger charge is 2.81. The van der Waals surface area contributed by atoms with E-state index in [0.717, 1.165) is 5.57 Å². The average Bonchev–Trinajstić information content (AvgIpc) is 2.71. The van der Waals surface area contributed by atoms with Crippen LogP contribution in [-0.2, 0) is 14.2 Å². The first-order valence-electron chi connectivity index (χ1n) is 5.73. The van der Waals surface area contributed by atoms with Gasteiger partial charge >= 0.3 is 5.92 Å². The Bertz CT molecular complexity index is 418. The molecule has 1 spiro atoms. The Morgan fingerprint density at radius 3 is 2.41 bits per heavy atom. The van der Waals surface area contributed by atoms with Gasteiger partial charge in [0, 0.05) is 0 Å². The summed E-state index contributed by atoms with van der Waals surface area (Å²) in [6, 6.07) is 0. The minimum Gasteiger partial charge on any atom is -0.354 e. The third-order valence-electron chi connectivity index (χ3n) is 4.23. The molecule has 3 aliphatic heterocycles. The molecule has 2 fully saturated rings. The molecule has 0 saturated carbocycles. The van der Waals surface area contributed by atoms with E-state index in [0.29, 0.717) is 0 Å². The molecule has 0 aliphatic carbocycles. The molecule has 17 heavy (non-hydrogen) atoms. The average molecular weight is 246 g/mol. The lowest BCUT2D eigenvalue weighted by molar-refractivity contribution is -0.234. The molecule has 0 aromatic carbocycles. The largest absolute Gasteiger partial charge is 0.354 e. The number of alkyl halides is 2. The van der Waals surface area contributed by atoms with Crippen molar-refractivity contribution < 1.29 is 23.0 Å². The van der Waals surface area contributed by atoms with Gasteiger partial charge in [0.25, 0.3) is 0 Å². The summed E-state index contributed by atoms with van der Waals surface area (Å²) in [7, 11) is 0. The second-order valence-corrected chi connectivity index (χ2v) is 5.66. The zero-order valence-electron chi connectivity index (χ0n) is 10.3. The Balaban J connectivity index is 2.14. The summed E-state index contributed by atoms with van der Waals surface area (Å²) in [5.41, 5.74) is -2.02. The van der Waals surface area contributed by atoms with Crippen molar-refractivity contribution >= 4 is 0 Å². The Morgan fingerprint density at radius 1 is 1.29 bits per heavy atom. The maximum atomic E-state index is 14.4. The van der Waals surface area contributed by atoms with Crippen LogP contribution in [0.2, 0.25) is 0 Å². The lowest BCUT2D eigenvalue weighted by Crippen LogP contribution is -2.63. The molecule has 0 N–H and O–H groups in total. The molecule has 5 heteroatoms. The molecule has 0 aromatic rings. The Labute approximate surface area is 98.7 Å². The van der Waals surface area contributed by atoms with Crippen molar-refractivity contribution in [3.05, 3.63) is 11.6 Å². The first kappa shape index (κ1) is 11.6. The molecule has 3 nitrogen and oxygen atoms in total. The summed E-state index contributed by atoms with van der Waals surface area (Å²) in [6.45, 7) is 6.60. The van der Waals surface area contributed by atoms with Gasteiger partial charge in [-0.2, -0.15) is 8.78 Å². The van der Waals surface area contributed by atoms with E-state index in [9.17, 15) is 8.78 Å². The van der Waals surface area contributed by atoms with E-state index in [1.165, 1.54) is 6.08 Å². The Kier molecular flexibility index (Phi) is 1.86. The topological polar surface area (TPSA) is 27.7 Å². The monoisotopic (exact) mass is 246 g/mol. The number of halogens is 2. The van der Waals surface area contributed by atoms with Crippen molar-refractivity contribution in [2.45, 2.75) is 56.7 Å². The fraction of sp³-hybridized carbons (Fsp3) is 0.833. The van der Waals surface area contributed by atoms with Crippen LogP contribution in [-0.4, -0.2) is 35.6 Å².